The van der Waals surface area contributed by atoms with Crippen molar-refractivity contribution in [1.29, 1.82) is 0 Å². The number of rotatable bonds is 6. The molecule has 2 atom stereocenters. The molecule has 2 nitrogen and oxygen atoms in total. The summed E-state index contributed by atoms with van der Waals surface area (Å²) < 4.78 is 19.3. The highest BCUT2D eigenvalue weighted by molar-refractivity contribution is 9.10. The van der Waals surface area contributed by atoms with Crippen molar-refractivity contribution in [3.8, 4) is 0 Å². The van der Waals surface area contributed by atoms with Crippen molar-refractivity contribution in [1.82, 2.24) is 5.32 Å². The van der Waals surface area contributed by atoms with E-state index in [2.05, 4.69) is 21.2 Å². The molecular formula is C13H19BrFNO. The Hall–Kier alpha value is -0.450. The van der Waals surface area contributed by atoms with E-state index in [1.165, 1.54) is 6.07 Å². The van der Waals surface area contributed by atoms with Gasteiger partial charge in [-0.1, -0.05) is 15.9 Å². The Morgan fingerprint density at radius 2 is 2.12 bits per heavy atom. The molecule has 0 saturated heterocycles. The van der Waals surface area contributed by atoms with Crippen LogP contribution in [0.3, 0.4) is 0 Å². The number of ether oxygens (including phenoxy) is 1. The van der Waals surface area contributed by atoms with Crippen LogP contribution < -0.4 is 5.32 Å². The summed E-state index contributed by atoms with van der Waals surface area (Å²) in [5.74, 6) is -0.205. The summed E-state index contributed by atoms with van der Waals surface area (Å²) in [6.45, 7) is 2.03. The lowest BCUT2D eigenvalue weighted by Gasteiger charge is -2.20. The Balaban J connectivity index is 2.66. The van der Waals surface area contributed by atoms with Crippen LogP contribution >= 0.6 is 15.9 Å². The standard InChI is InChI=1S/C13H19BrFNO/c1-9(17-3)4-13(16-2)7-10-5-11(14)8-12(15)6-10/h5-6,8-9,13,16H,4,7H2,1-3H3. The van der Waals surface area contributed by atoms with Gasteiger partial charge in [-0.3, -0.25) is 0 Å². The first-order chi connectivity index (χ1) is 8.05. The van der Waals surface area contributed by atoms with Crippen molar-refractivity contribution in [3.05, 3.63) is 34.1 Å². The predicted octanol–water partition coefficient (Wildman–Crippen LogP) is 3.14. The second-order valence-electron chi connectivity index (χ2n) is 4.25. The summed E-state index contributed by atoms with van der Waals surface area (Å²) in [7, 11) is 3.62. The molecule has 0 heterocycles. The van der Waals surface area contributed by atoms with Crippen molar-refractivity contribution in [2.45, 2.75) is 31.9 Å². The molecule has 0 saturated carbocycles. The van der Waals surface area contributed by atoms with Gasteiger partial charge >= 0.3 is 0 Å². The van der Waals surface area contributed by atoms with Crippen LogP contribution in [0.15, 0.2) is 22.7 Å². The van der Waals surface area contributed by atoms with Crippen LogP contribution in [0, 0.1) is 5.82 Å². The van der Waals surface area contributed by atoms with Crippen molar-refractivity contribution in [2.24, 2.45) is 0 Å². The number of halogens is 2. The molecule has 17 heavy (non-hydrogen) atoms. The first-order valence-corrected chi connectivity index (χ1v) is 6.49. The maximum absolute atomic E-state index is 13.2. The molecule has 1 N–H and O–H groups in total. The third-order valence-corrected chi connectivity index (χ3v) is 3.29. The minimum Gasteiger partial charge on any atom is -0.382 e. The van der Waals surface area contributed by atoms with Crippen LogP contribution in [0.5, 0.6) is 0 Å². The fourth-order valence-electron chi connectivity index (χ4n) is 1.81. The molecule has 0 aliphatic rings. The van der Waals surface area contributed by atoms with E-state index in [4.69, 9.17) is 4.74 Å². The van der Waals surface area contributed by atoms with E-state index >= 15 is 0 Å². The second-order valence-corrected chi connectivity index (χ2v) is 5.17. The average molecular weight is 304 g/mol. The highest BCUT2D eigenvalue weighted by atomic mass is 79.9. The molecule has 1 aromatic carbocycles. The van der Waals surface area contributed by atoms with Crippen molar-refractivity contribution < 1.29 is 9.13 Å². The van der Waals surface area contributed by atoms with Crippen molar-refractivity contribution in [2.75, 3.05) is 14.2 Å². The van der Waals surface area contributed by atoms with Gasteiger partial charge in [0.05, 0.1) is 6.10 Å². The highest BCUT2D eigenvalue weighted by Crippen LogP contribution is 2.17. The monoisotopic (exact) mass is 303 g/mol. The van der Waals surface area contributed by atoms with Crippen LogP contribution in [-0.2, 0) is 11.2 Å². The van der Waals surface area contributed by atoms with Gasteiger partial charge in [0.1, 0.15) is 5.82 Å². The van der Waals surface area contributed by atoms with Gasteiger partial charge in [0.25, 0.3) is 0 Å². The Morgan fingerprint density at radius 1 is 1.41 bits per heavy atom. The van der Waals surface area contributed by atoms with E-state index in [0.717, 1.165) is 22.9 Å². The Labute approximate surface area is 111 Å². The Bertz CT molecular complexity index is 339. The molecule has 2 unspecified atom stereocenters. The lowest BCUT2D eigenvalue weighted by Crippen LogP contribution is -2.31. The van der Waals surface area contributed by atoms with Crippen LogP contribution in [0.4, 0.5) is 4.39 Å². The van der Waals surface area contributed by atoms with Gasteiger partial charge in [0.15, 0.2) is 0 Å². The van der Waals surface area contributed by atoms with E-state index in [0.29, 0.717) is 6.04 Å². The quantitative estimate of drug-likeness (QED) is 0.872. The molecule has 0 aliphatic carbocycles. The average Bonchev–Trinajstić information content (AvgIpc) is 2.26. The summed E-state index contributed by atoms with van der Waals surface area (Å²) in [5, 5.41) is 3.24. The molecule has 96 valence electrons. The Morgan fingerprint density at radius 3 is 2.65 bits per heavy atom. The van der Waals surface area contributed by atoms with Gasteiger partial charge in [0.2, 0.25) is 0 Å². The number of nitrogens with one attached hydrogen (secondary N) is 1. The molecule has 1 aromatic rings. The maximum Gasteiger partial charge on any atom is 0.124 e. The van der Waals surface area contributed by atoms with Crippen LogP contribution in [0.2, 0.25) is 0 Å². The number of hydrogen-bond acceptors (Lipinski definition) is 2. The number of methoxy groups -OCH3 is 1. The van der Waals surface area contributed by atoms with E-state index in [-0.39, 0.29) is 11.9 Å². The van der Waals surface area contributed by atoms with Crippen LogP contribution in [-0.4, -0.2) is 26.3 Å². The third-order valence-electron chi connectivity index (χ3n) is 2.83. The summed E-state index contributed by atoms with van der Waals surface area (Å²) in [6, 6.07) is 5.28. The molecule has 0 bridgehead atoms. The lowest BCUT2D eigenvalue weighted by molar-refractivity contribution is 0.101. The zero-order valence-electron chi connectivity index (χ0n) is 10.5. The van der Waals surface area contributed by atoms with Crippen molar-refractivity contribution in [3.63, 3.8) is 0 Å². The normalized spacial score (nSPS) is 14.6. The molecule has 0 fully saturated rings. The summed E-state index contributed by atoms with van der Waals surface area (Å²) >= 11 is 3.30. The fourth-order valence-corrected chi connectivity index (χ4v) is 2.33. The van der Waals surface area contributed by atoms with Crippen LogP contribution in [0.25, 0.3) is 0 Å². The first-order valence-electron chi connectivity index (χ1n) is 5.70. The number of likely N-dealkylation sites (N-methyl/N-ethyl adjacent to an activating group) is 1. The number of hydrogen-bond donors (Lipinski definition) is 1. The number of benzene rings is 1. The molecule has 4 heteroatoms. The van der Waals surface area contributed by atoms with Gasteiger partial charge in [0, 0.05) is 17.6 Å². The largest absolute Gasteiger partial charge is 0.382 e. The molecule has 0 spiro atoms. The second kappa shape index (κ2) is 7.09. The highest BCUT2D eigenvalue weighted by Gasteiger charge is 2.12. The van der Waals surface area contributed by atoms with Gasteiger partial charge in [-0.15, -0.1) is 0 Å². The lowest BCUT2D eigenvalue weighted by atomic mass is 10.0. The Kier molecular flexibility index (Phi) is 6.09. The minimum absolute atomic E-state index is 0.199. The van der Waals surface area contributed by atoms with Crippen molar-refractivity contribution >= 4 is 15.9 Å². The minimum atomic E-state index is -0.205. The van der Waals surface area contributed by atoms with E-state index < -0.39 is 0 Å². The smallest absolute Gasteiger partial charge is 0.124 e. The fraction of sp³-hybridized carbons (Fsp3) is 0.538. The van der Waals surface area contributed by atoms with E-state index in [1.807, 2.05) is 20.0 Å². The molecule has 0 aliphatic heterocycles. The van der Waals surface area contributed by atoms with E-state index in [1.54, 1.807) is 13.2 Å². The third kappa shape index (κ3) is 5.15. The van der Waals surface area contributed by atoms with Gasteiger partial charge in [-0.05, 0) is 50.6 Å². The van der Waals surface area contributed by atoms with Gasteiger partial charge in [-0.2, -0.15) is 0 Å². The van der Waals surface area contributed by atoms with E-state index in [9.17, 15) is 4.39 Å². The van der Waals surface area contributed by atoms with Gasteiger partial charge < -0.3 is 10.1 Å². The SMILES string of the molecule is CNC(Cc1cc(F)cc(Br)c1)CC(C)OC. The topological polar surface area (TPSA) is 21.3 Å². The van der Waals surface area contributed by atoms with Gasteiger partial charge in [-0.25, -0.2) is 4.39 Å². The molecule has 0 aromatic heterocycles. The predicted molar refractivity (Wildman–Crippen MR) is 71.7 cm³/mol. The summed E-state index contributed by atoms with van der Waals surface area (Å²) in [6.07, 6.45) is 1.89. The van der Waals surface area contributed by atoms with Crippen LogP contribution in [0.1, 0.15) is 18.9 Å². The molecule has 0 amide bonds. The summed E-state index contributed by atoms with van der Waals surface area (Å²) in [4.78, 5) is 0. The summed E-state index contributed by atoms with van der Waals surface area (Å²) in [5.41, 5.74) is 0.986. The molecule has 1 rings (SSSR count). The molecule has 0 radical (unpaired) electrons. The maximum atomic E-state index is 13.2. The zero-order valence-corrected chi connectivity index (χ0v) is 12.1. The zero-order chi connectivity index (χ0) is 12.8. The molecular weight excluding hydrogens is 285 g/mol. The first kappa shape index (κ1) is 14.6.